The molecule has 0 saturated carbocycles. The zero-order valence-electron chi connectivity index (χ0n) is 14.4. The number of aryl methyl sites for hydroxylation is 2. The minimum absolute atomic E-state index is 0.0206. The van der Waals surface area contributed by atoms with Gasteiger partial charge in [0.05, 0.1) is 10.6 Å². The van der Waals surface area contributed by atoms with Crippen molar-refractivity contribution in [1.82, 2.24) is 14.3 Å². The largest absolute Gasteiger partial charge is 0.305 e. The summed E-state index contributed by atoms with van der Waals surface area (Å²) < 4.78 is 41.9. The monoisotopic (exact) mass is 407 g/mol. The van der Waals surface area contributed by atoms with Gasteiger partial charge in [0.25, 0.3) is 15.9 Å². The Morgan fingerprint density at radius 3 is 2.63 bits per heavy atom. The Morgan fingerprint density at radius 2 is 1.93 bits per heavy atom. The van der Waals surface area contributed by atoms with Crippen LogP contribution >= 0.6 is 11.6 Å². The minimum atomic E-state index is -4.06. The molecule has 9 heteroatoms. The highest BCUT2D eigenvalue weighted by Crippen LogP contribution is 2.19. The Kier molecular flexibility index (Phi) is 5.03. The predicted octanol–water partition coefficient (Wildman–Crippen LogP) is 3.40. The van der Waals surface area contributed by atoms with Crippen molar-refractivity contribution in [2.24, 2.45) is 0 Å². The highest BCUT2D eigenvalue weighted by Gasteiger charge is 2.22. The molecule has 1 amide bonds. The molecule has 1 heterocycles. The van der Waals surface area contributed by atoms with Gasteiger partial charge in [-0.15, -0.1) is 0 Å². The van der Waals surface area contributed by atoms with Gasteiger partial charge in [0.1, 0.15) is 17.8 Å². The molecular formula is C18H15ClFN3O3S. The van der Waals surface area contributed by atoms with Crippen molar-refractivity contribution in [2.45, 2.75) is 18.7 Å². The maximum atomic E-state index is 13.5. The molecule has 3 rings (SSSR count). The first kappa shape index (κ1) is 19.1. The molecular weight excluding hydrogens is 393 g/mol. The molecule has 27 heavy (non-hydrogen) atoms. The Bertz CT molecular complexity index is 1120. The van der Waals surface area contributed by atoms with Crippen molar-refractivity contribution in [3.05, 3.63) is 76.6 Å². The Labute approximate surface area is 160 Å². The minimum Gasteiger partial charge on any atom is -0.305 e. The molecule has 0 aliphatic carbocycles. The van der Waals surface area contributed by atoms with Crippen LogP contribution in [0.3, 0.4) is 0 Å². The molecule has 0 fully saturated rings. The summed E-state index contributed by atoms with van der Waals surface area (Å²) in [4.78, 5) is 16.3. The predicted molar refractivity (Wildman–Crippen MR) is 99.1 cm³/mol. The molecule has 0 spiro atoms. The van der Waals surface area contributed by atoms with E-state index in [9.17, 15) is 17.6 Å². The van der Waals surface area contributed by atoms with Crippen LogP contribution in [0.25, 0.3) is 5.69 Å². The van der Waals surface area contributed by atoms with Crippen LogP contribution in [-0.2, 0) is 10.0 Å². The summed E-state index contributed by atoms with van der Waals surface area (Å²) in [7, 11) is -4.06. The standard InChI is InChI=1S/C18H15ClFN3O3S/c1-11-3-4-12(2)17(5-11)27(25,26)22-18(24)16-9-23(10-21-16)15-7-13(19)6-14(20)8-15/h3-10H,1-2H3,(H,22,24). The summed E-state index contributed by atoms with van der Waals surface area (Å²) in [6.07, 6.45) is 2.56. The van der Waals surface area contributed by atoms with E-state index < -0.39 is 21.7 Å². The second kappa shape index (κ2) is 7.13. The van der Waals surface area contributed by atoms with Crippen molar-refractivity contribution in [3.63, 3.8) is 0 Å². The van der Waals surface area contributed by atoms with Gasteiger partial charge in [-0.3, -0.25) is 4.79 Å². The number of benzene rings is 2. The van der Waals surface area contributed by atoms with E-state index in [2.05, 4.69) is 4.98 Å². The number of carbonyl (C=O) groups excluding carboxylic acids is 1. The molecule has 6 nitrogen and oxygen atoms in total. The van der Waals surface area contributed by atoms with Crippen molar-refractivity contribution >= 4 is 27.5 Å². The van der Waals surface area contributed by atoms with Crippen LogP contribution in [0, 0.1) is 19.7 Å². The number of carbonyl (C=O) groups is 1. The zero-order chi connectivity index (χ0) is 19.8. The number of hydrogen-bond donors (Lipinski definition) is 1. The van der Waals surface area contributed by atoms with E-state index >= 15 is 0 Å². The van der Waals surface area contributed by atoms with Crippen LogP contribution in [-0.4, -0.2) is 23.9 Å². The Morgan fingerprint density at radius 1 is 1.19 bits per heavy atom. The fourth-order valence-electron chi connectivity index (χ4n) is 2.50. The van der Waals surface area contributed by atoms with Gasteiger partial charge >= 0.3 is 0 Å². The van der Waals surface area contributed by atoms with Crippen LogP contribution in [0.2, 0.25) is 5.02 Å². The number of nitrogens with zero attached hydrogens (tertiary/aromatic N) is 2. The summed E-state index contributed by atoms with van der Waals surface area (Å²) in [5.74, 6) is -1.44. The van der Waals surface area contributed by atoms with Crippen LogP contribution in [0.15, 0.2) is 53.8 Å². The molecule has 1 N–H and O–H groups in total. The smallest absolute Gasteiger partial charge is 0.285 e. The van der Waals surface area contributed by atoms with E-state index in [0.29, 0.717) is 11.3 Å². The molecule has 2 aromatic carbocycles. The third-order valence-electron chi connectivity index (χ3n) is 3.82. The van der Waals surface area contributed by atoms with E-state index in [1.807, 2.05) is 4.72 Å². The SMILES string of the molecule is Cc1ccc(C)c(S(=O)(=O)NC(=O)c2cn(-c3cc(F)cc(Cl)c3)cn2)c1. The lowest BCUT2D eigenvalue weighted by Crippen LogP contribution is -2.31. The van der Waals surface area contributed by atoms with Crippen molar-refractivity contribution in [2.75, 3.05) is 0 Å². The van der Waals surface area contributed by atoms with Gasteiger partial charge in [-0.2, -0.15) is 0 Å². The molecule has 0 aliphatic rings. The number of aromatic nitrogens is 2. The number of sulfonamides is 1. The van der Waals surface area contributed by atoms with Gasteiger partial charge < -0.3 is 4.57 Å². The van der Waals surface area contributed by atoms with Gasteiger partial charge in [0, 0.05) is 11.2 Å². The molecule has 140 valence electrons. The average molecular weight is 408 g/mol. The van der Waals surface area contributed by atoms with Crippen LogP contribution < -0.4 is 4.72 Å². The Balaban J connectivity index is 1.87. The second-order valence-corrected chi connectivity index (χ2v) is 8.08. The number of halogens is 2. The molecule has 0 atom stereocenters. The molecule has 0 saturated heterocycles. The Hall–Kier alpha value is -2.71. The third kappa shape index (κ3) is 4.17. The maximum absolute atomic E-state index is 13.5. The lowest BCUT2D eigenvalue weighted by atomic mass is 10.2. The number of rotatable bonds is 4. The number of imidazole rings is 1. The molecule has 0 aliphatic heterocycles. The second-order valence-electron chi connectivity index (χ2n) is 6.00. The van der Waals surface area contributed by atoms with E-state index in [1.54, 1.807) is 26.0 Å². The van der Waals surface area contributed by atoms with Crippen LogP contribution in [0.4, 0.5) is 4.39 Å². The number of hydrogen-bond acceptors (Lipinski definition) is 4. The fourth-order valence-corrected chi connectivity index (χ4v) is 4.00. The third-order valence-corrected chi connectivity index (χ3v) is 5.51. The molecule has 0 bridgehead atoms. The fraction of sp³-hybridized carbons (Fsp3) is 0.111. The first-order valence-electron chi connectivity index (χ1n) is 7.80. The highest BCUT2D eigenvalue weighted by molar-refractivity contribution is 7.90. The van der Waals surface area contributed by atoms with Gasteiger partial charge in [-0.1, -0.05) is 23.7 Å². The van der Waals surface area contributed by atoms with Crippen LogP contribution in [0.1, 0.15) is 21.6 Å². The zero-order valence-corrected chi connectivity index (χ0v) is 16.0. The van der Waals surface area contributed by atoms with Crippen molar-refractivity contribution in [1.29, 1.82) is 0 Å². The summed E-state index contributed by atoms with van der Waals surface area (Å²) in [6.45, 7) is 3.40. The summed E-state index contributed by atoms with van der Waals surface area (Å²) in [5.41, 5.74) is 1.48. The van der Waals surface area contributed by atoms with E-state index in [-0.39, 0.29) is 15.6 Å². The molecule has 0 unspecified atom stereocenters. The number of amides is 1. The lowest BCUT2D eigenvalue weighted by molar-refractivity contribution is 0.0977. The van der Waals surface area contributed by atoms with Crippen molar-refractivity contribution in [3.8, 4) is 5.69 Å². The quantitative estimate of drug-likeness (QED) is 0.718. The van der Waals surface area contributed by atoms with Gasteiger partial charge in [0.2, 0.25) is 0 Å². The van der Waals surface area contributed by atoms with E-state index in [4.69, 9.17) is 11.6 Å². The summed E-state index contributed by atoms with van der Waals surface area (Å²) in [6, 6.07) is 8.77. The number of nitrogens with one attached hydrogen (secondary N) is 1. The van der Waals surface area contributed by atoms with Crippen LogP contribution in [0.5, 0.6) is 0 Å². The van der Waals surface area contributed by atoms with E-state index in [1.165, 1.54) is 35.3 Å². The lowest BCUT2D eigenvalue weighted by Gasteiger charge is -2.09. The first-order chi connectivity index (χ1) is 12.7. The molecule has 1 aromatic heterocycles. The summed E-state index contributed by atoms with van der Waals surface area (Å²) in [5, 5.41) is 0.183. The maximum Gasteiger partial charge on any atom is 0.285 e. The van der Waals surface area contributed by atoms with E-state index in [0.717, 1.165) is 11.6 Å². The van der Waals surface area contributed by atoms with Gasteiger partial charge in [-0.25, -0.2) is 22.5 Å². The molecule has 0 radical (unpaired) electrons. The van der Waals surface area contributed by atoms with Crippen molar-refractivity contribution < 1.29 is 17.6 Å². The average Bonchev–Trinajstić information content (AvgIpc) is 3.06. The summed E-state index contributed by atoms with van der Waals surface area (Å²) >= 11 is 5.82. The topological polar surface area (TPSA) is 81.1 Å². The van der Waals surface area contributed by atoms with Gasteiger partial charge in [-0.05, 0) is 49.2 Å². The molecule has 3 aromatic rings. The van der Waals surface area contributed by atoms with Gasteiger partial charge in [0.15, 0.2) is 0 Å². The highest BCUT2D eigenvalue weighted by atomic mass is 35.5. The first-order valence-corrected chi connectivity index (χ1v) is 9.67. The normalized spacial score (nSPS) is 11.4.